The molecule has 1 N–H and O–H groups in total. The molecule has 0 aliphatic heterocycles. The van der Waals surface area contributed by atoms with Gasteiger partial charge in [-0.1, -0.05) is 6.07 Å². The van der Waals surface area contributed by atoms with Crippen molar-refractivity contribution in [3.05, 3.63) is 33.6 Å². The van der Waals surface area contributed by atoms with Gasteiger partial charge >= 0.3 is 0 Å². The van der Waals surface area contributed by atoms with Crippen LogP contribution in [0.5, 0.6) is 0 Å². The zero-order chi connectivity index (χ0) is 12.4. The van der Waals surface area contributed by atoms with Crippen LogP contribution in [0.25, 0.3) is 0 Å². The lowest BCUT2D eigenvalue weighted by Gasteiger charge is -2.11. The molecule has 0 aliphatic rings. The first-order valence-corrected chi connectivity index (χ1v) is 6.09. The van der Waals surface area contributed by atoms with E-state index in [1.807, 2.05) is 0 Å². The van der Waals surface area contributed by atoms with Crippen molar-refractivity contribution in [2.75, 3.05) is 5.32 Å². The molecule has 1 aromatic heterocycles. The summed E-state index contributed by atoms with van der Waals surface area (Å²) in [5.41, 5.74) is 3.50. The average molecular weight is 296 g/mol. The highest BCUT2D eigenvalue weighted by Crippen LogP contribution is 2.27. The van der Waals surface area contributed by atoms with Gasteiger partial charge in [0.05, 0.1) is 19.3 Å². The minimum atomic E-state index is 0.566. The first kappa shape index (κ1) is 12.0. The van der Waals surface area contributed by atoms with E-state index in [4.69, 9.17) is 0 Å². The Morgan fingerprint density at radius 1 is 1.35 bits per heavy atom. The number of halogens is 1. The number of rotatable bonds is 3. The fourth-order valence-electron chi connectivity index (χ4n) is 1.70. The van der Waals surface area contributed by atoms with Gasteiger partial charge in [0.2, 0.25) is 0 Å². The second-order valence-corrected chi connectivity index (χ2v) is 4.84. The van der Waals surface area contributed by atoms with E-state index < -0.39 is 0 Å². The zero-order valence-electron chi connectivity index (χ0n) is 10.0. The van der Waals surface area contributed by atoms with Gasteiger partial charge < -0.3 is 5.32 Å². The molecule has 0 unspecified atom stereocenters. The van der Waals surface area contributed by atoms with Crippen molar-refractivity contribution in [3.63, 3.8) is 0 Å². The molecule has 2 aromatic rings. The molecule has 17 heavy (non-hydrogen) atoms. The molecule has 0 atom stereocenters. The molecular weight excluding hydrogens is 282 g/mol. The van der Waals surface area contributed by atoms with Crippen LogP contribution in [0.2, 0.25) is 0 Å². The maximum absolute atomic E-state index is 4.12. The van der Waals surface area contributed by atoms with Gasteiger partial charge in [0.15, 0.2) is 5.82 Å². The van der Waals surface area contributed by atoms with E-state index >= 15 is 0 Å². The molecule has 90 valence electrons. The van der Waals surface area contributed by atoms with Gasteiger partial charge in [-0.2, -0.15) is 4.80 Å². The largest absolute Gasteiger partial charge is 0.376 e. The molecule has 0 aliphatic carbocycles. The molecule has 0 saturated carbocycles. The van der Waals surface area contributed by atoms with Crippen molar-refractivity contribution in [3.8, 4) is 0 Å². The number of aryl methyl sites for hydroxylation is 3. The number of aromatic nitrogens is 4. The SMILES string of the molecule is Cc1cc(C)c(NCc2nnn(C)n2)c(Br)c1. The summed E-state index contributed by atoms with van der Waals surface area (Å²) in [6.07, 6.45) is 0. The van der Waals surface area contributed by atoms with Crippen molar-refractivity contribution in [1.82, 2.24) is 20.2 Å². The summed E-state index contributed by atoms with van der Waals surface area (Å²) in [7, 11) is 1.75. The van der Waals surface area contributed by atoms with Crippen LogP contribution in [0.1, 0.15) is 17.0 Å². The molecule has 0 amide bonds. The first-order valence-electron chi connectivity index (χ1n) is 5.30. The summed E-state index contributed by atoms with van der Waals surface area (Å²) in [5.74, 6) is 0.680. The molecule has 0 bridgehead atoms. The second kappa shape index (κ2) is 4.83. The van der Waals surface area contributed by atoms with E-state index in [1.165, 1.54) is 15.9 Å². The van der Waals surface area contributed by atoms with Crippen molar-refractivity contribution < 1.29 is 0 Å². The van der Waals surface area contributed by atoms with E-state index in [1.54, 1.807) is 7.05 Å². The third-order valence-corrected chi connectivity index (χ3v) is 3.03. The van der Waals surface area contributed by atoms with Crippen molar-refractivity contribution in [2.24, 2.45) is 7.05 Å². The van der Waals surface area contributed by atoms with E-state index in [-0.39, 0.29) is 0 Å². The third-order valence-electron chi connectivity index (χ3n) is 2.40. The molecule has 2 rings (SSSR count). The summed E-state index contributed by atoms with van der Waals surface area (Å²) in [5, 5.41) is 15.2. The fraction of sp³-hybridized carbons (Fsp3) is 0.364. The normalized spacial score (nSPS) is 10.6. The van der Waals surface area contributed by atoms with Gasteiger partial charge in [-0.15, -0.1) is 10.2 Å². The summed E-state index contributed by atoms with van der Waals surface area (Å²) in [4.78, 5) is 1.45. The lowest BCUT2D eigenvalue weighted by atomic mass is 10.1. The minimum Gasteiger partial charge on any atom is -0.376 e. The Labute approximate surface area is 108 Å². The molecule has 5 nitrogen and oxygen atoms in total. The molecule has 6 heteroatoms. The molecule has 0 spiro atoms. The molecule has 0 fully saturated rings. The van der Waals surface area contributed by atoms with E-state index in [0.717, 1.165) is 10.2 Å². The topological polar surface area (TPSA) is 55.6 Å². The van der Waals surface area contributed by atoms with Crippen LogP contribution in [0.15, 0.2) is 16.6 Å². The van der Waals surface area contributed by atoms with Gasteiger partial charge in [0.1, 0.15) is 0 Å². The van der Waals surface area contributed by atoms with Crippen LogP contribution in [0.3, 0.4) is 0 Å². The third kappa shape index (κ3) is 2.82. The molecule has 1 heterocycles. The van der Waals surface area contributed by atoms with E-state index in [2.05, 4.69) is 62.6 Å². The maximum atomic E-state index is 4.12. The Morgan fingerprint density at radius 2 is 2.12 bits per heavy atom. The monoisotopic (exact) mass is 295 g/mol. The lowest BCUT2D eigenvalue weighted by Crippen LogP contribution is -2.04. The number of nitrogens with zero attached hydrogens (tertiary/aromatic N) is 4. The second-order valence-electron chi connectivity index (χ2n) is 3.99. The highest BCUT2D eigenvalue weighted by atomic mass is 79.9. The Kier molecular flexibility index (Phi) is 3.42. The Hall–Kier alpha value is -1.43. The predicted octanol–water partition coefficient (Wildman–Crippen LogP) is 2.20. The van der Waals surface area contributed by atoms with Gasteiger partial charge in [0.25, 0.3) is 0 Å². The standard InChI is InChI=1S/C11H14BrN5/c1-7-4-8(2)11(9(12)5-7)13-6-10-14-16-17(3)15-10/h4-5,13H,6H2,1-3H3. The summed E-state index contributed by atoms with van der Waals surface area (Å²) < 4.78 is 1.05. The first-order chi connectivity index (χ1) is 8.06. The van der Waals surface area contributed by atoms with Crippen molar-refractivity contribution in [1.29, 1.82) is 0 Å². The predicted molar refractivity (Wildman–Crippen MR) is 69.7 cm³/mol. The van der Waals surface area contributed by atoms with Gasteiger partial charge in [-0.3, -0.25) is 0 Å². The van der Waals surface area contributed by atoms with Gasteiger partial charge in [0, 0.05) is 4.47 Å². The van der Waals surface area contributed by atoms with Crippen LogP contribution in [-0.2, 0) is 13.6 Å². The number of benzene rings is 1. The van der Waals surface area contributed by atoms with Crippen molar-refractivity contribution >= 4 is 21.6 Å². The van der Waals surface area contributed by atoms with Crippen LogP contribution in [-0.4, -0.2) is 20.2 Å². The Balaban J connectivity index is 2.14. The number of hydrogen-bond acceptors (Lipinski definition) is 4. The molecule has 0 radical (unpaired) electrons. The highest BCUT2D eigenvalue weighted by Gasteiger charge is 2.06. The fourth-order valence-corrected chi connectivity index (χ4v) is 2.52. The summed E-state index contributed by atoms with van der Waals surface area (Å²) in [6.45, 7) is 4.71. The van der Waals surface area contributed by atoms with Gasteiger partial charge in [-0.25, -0.2) is 0 Å². The van der Waals surface area contributed by atoms with E-state index in [9.17, 15) is 0 Å². The smallest absolute Gasteiger partial charge is 0.193 e. The Bertz CT molecular complexity index is 511. The number of hydrogen-bond donors (Lipinski definition) is 1. The van der Waals surface area contributed by atoms with Crippen LogP contribution >= 0.6 is 15.9 Å². The van der Waals surface area contributed by atoms with E-state index in [0.29, 0.717) is 12.4 Å². The summed E-state index contributed by atoms with van der Waals surface area (Å²) >= 11 is 3.55. The van der Waals surface area contributed by atoms with Crippen LogP contribution < -0.4 is 5.32 Å². The highest BCUT2D eigenvalue weighted by molar-refractivity contribution is 9.10. The maximum Gasteiger partial charge on any atom is 0.193 e. The van der Waals surface area contributed by atoms with Crippen LogP contribution in [0, 0.1) is 13.8 Å². The lowest BCUT2D eigenvalue weighted by molar-refractivity contribution is 0.628. The quantitative estimate of drug-likeness (QED) is 0.943. The molecule has 0 saturated heterocycles. The number of tetrazole rings is 1. The zero-order valence-corrected chi connectivity index (χ0v) is 11.6. The average Bonchev–Trinajstić information content (AvgIpc) is 2.62. The molecule has 1 aromatic carbocycles. The summed E-state index contributed by atoms with van der Waals surface area (Å²) in [6, 6.07) is 4.22. The minimum absolute atomic E-state index is 0.566. The number of nitrogens with one attached hydrogen (secondary N) is 1. The number of anilines is 1. The van der Waals surface area contributed by atoms with Crippen LogP contribution in [0.4, 0.5) is 5.69 Å². The molecular formula is C11H14BrN5. The van der Waals surface area contributed by atoms with Crippen molar-refractivity contribution in [2.45, 2.75) is 20.4 Å². The Morgan fingerprint density at radius 3 is 2.71 bits per heavy atom. The van der Waals surface area contributed by atoms with Gasteiger partial charge in [-0.05, 0) is 52.2 Å².